The molecule has 0 aromatic heterocycles. The van der Waals surface area contributed by atoms with E-state index in [1.165, 1.54) is 17.6 Å². The van der Waals surface area contributed by atoms with Crippen LogP contribution in [0.5, 0.6) is 0 Å². The number of hydrogen-bond acceptors (Lipinski definition) is 1. The molecule has 1 heterocycles. The zero-order valence-electron chi connectivity index (χ0n) is 7.02. The maximum Gasteiger partial charge on any atom is 0.0206 e. The maximum absolute atomic E-state index is 2.22. The van der Waals surface area contributed by atoms with Gasteiger partial charge in [0.15, 0.2) is 0 Å². The van der Waals surface area contributed by atoms with Crippen LogP contribution in [0.2, 0.25) is 0 Å². The highest BCUT2D eigenvalue weighted by Gasteiger charge is 2.00. The zero-order valence-corrected chi connectivity index (χ0v) is 7.02. The van der Waals surface area contributed by atoms with E-state index in [0.29, 0.717) is 0 Å². The van der Waals surface area contributed by atoms with Crippen molar-refractivity contribution in [1.82, 2.24) is 4.90 Å². The van der Waals surface area contributed by atoms with Gasteiger partial charge in [-0.15, -0.1) is 0 Å². The van der Waals surface area contributed by atoms with Crippen LogP contribution < -0.4 is 0 Å². The van der Waals surface area contributed by atoms with Gasteiger partial charge < -0.3 is 4.90 Å². The Hall–Kier alpha value is -0.720. The van der Waals surface area contributed by atoms with Gasteiger partial charge in [-0.1, -0.05) is 11.1 Å². The molecule has 1 aliphatic heterocycles. The van der Waals surface area contributed by atoms with E-state index in [1.54, 1.807) is 0 Å². The van der Waals surface area contributed by atoms with E-state index in [0.717, 1.165) is 6.54 Å². The van der Waals surface area contributed by atoms with Crippen LogP contribution in [-0.2, 0) is 0 Å². The highest BCUT2D eigenvalue weighted by Crippen LogP contribution is 2.13. The normalized spacial score (nSPS) is 19.7. The van der Waals surface area contributed by atoms with Gasteiger partial charge in [0.1, 0.15) is 0 Å². The monoisotopic (exact) mass is 137 g/mol. The molecule has 1 nitrogen and oxygen atoms in total. The lowest BCUT2D eigenvalue weighted by molar-refractivity contribution is 0.463. The smallest absolute Gasteiger partial charge is 0.0206 e. The largest absolute Gasteiger partial charge is 0.380 e. The van der Waals surface area contributed by atoms with Gasteiger partial charge in [0, 0.05) is 13.6 Å². The Morgan fingerprint density at radius 2 is 2.10 bits per heavy atom. The molecule has 0 atom stereocenters. The van der Waals surface area contributed by atoms with E-state index >= 15 is 0 Å². The van der Waals surface area contributed by atoms with Crippen LogP contribution in [0, 0.1) is 0 Å². The molecule has 1 heteroatoms. The summed E-state index contributed by atoms with van der Waals surface area (Å²) in [6, 6.07) is 0. The first-order chi connectivity index (χ1) is 4.70. The summed E-state index contributed by atoms with van der Waals surface area (Å²) in [5.74, 6) is 0. The predicted octanol–water partition coefficient (Wildman–Crippen LogP) is 2.17. The summed E-state index contributed by atoms with van der Waals surface area (Å²) in [5, 5.41) is 0. The minimum absolute atomic E-state index is 1.15. The SMILES string of the molecule is CC1=C(C)CCN(C)C=C1. The highest BCUT2D eigenvalue weighted by atomic mass is 15.1. The third-order valence-corrected chi connectivity index (χ3v) is 2.09. The molecule has 0 aliphatic carbocycles. The quantitative estimate of drug-likeness (QED) is 0.494. The molecule has 0 saturated heterocycles. The van der Waals surface area contributed by atoms with Crippen LogP contribution in [0.1, 0.15) is 20.3 Å². The molecule has 1 rings (SSSR count). The average Bonchev–Trinajstić information content (AvgIpc) is 2.04. The molecule has 0 amide bonds. The first kappa shape index (κ1) is 7.39. The second kappa shape index (κ2) is 2.91. The summed E-state index contributed by atoms with van der Waals surface area (Å²) in [4.78, 5) is 2.22. The van der Waals surface area contributed by atoms with Crippen molar-refractivity contribution in [3.05, 3.63) is 23.4 Å². The topological polar surface area (TPSA) is 3.24 Å². The lowest BCUT2D eigenvalue weighted by Gasteiger charge is -2.10. The van der Waals surface area contributed by atoms with Crippen LogP contribution in [0.25, 0.3) is 0 Å². The Bertz CT molecular complexity index is 177. The van der Waals surface area contributed by atoms with Crippen LogP contribution in [0.3, 0.4) is 0 Å². The Morgan fingerprint density at radius 3 is 2.80 bits per heavy atom. The van der Waals surface area contributed by atoms with Crippen molar-refractivity contribution >= 4 is 0 Å². The van der Waals surface area contributed by atoms with E-state index < -0.39 is 0 Å². The third-order valence-electron chi connectivity index (χ3n) is 2.09. The third kappa shape index (κ3) is 1.63. The molecular weight excluding hydrogens is 122 g/mol. The van der Waals surface area contributed by atoms with Gasteiger partial charge in [0.05, 0.1) is 0 Å². The van der Waals surface area contributed by atoms with E-state index in [-0.39, 0.29) is 0 Å². The second-order valence-corrected chi connectivity index (χ2v) is 3.01. The minimum Gasteiger partial charge on any atom is -0.380 e. The van der Waals surface area contributed by atoms with Crippen molar-refractivity contribution in [2.45, 2.75) is 20.3 Å². The Balaban J connectivity index is 2.72. The molecular formula is C9H15N. The minimum atomic E-state index is 1.15. The average molecular weight is 137 g/mol. The summed E-state index contributed by atoms with van der Waals surface area (Å²) in [6.07, 6.45) is 5.53. The molecule has 56 valence electrons. The Kier molecular flexibility index (Phi) is 2.15. The van der Waals surface area contributed by atoms with Gasteiger partial charge in [-0.25, -0.2) is 0 Å². The van der Waals surface area contributed by atoms with Crippen molar-refractivity contribution < 1.29 is 0 Å². The summed E-state index contributed by atoms with van der Waals surface area (Å²) < 4.78 is 0. The zero-order chi connectivity index (χ0) is 7.56. The van der Waals surface area contributed by atoms with E-state index in [4.69, 9.17) is 0 Å². The first-order valence-electron chi connectivity index (χ1n) is 3.75. The lowest BCUT2D eigenvalue weighted by atomic mass is 10.1. The summed E-state index contributed by atoms with van der Waals surface area (Å²) in [7, 11) is 2.11. The van der Waals surface area contributed by atoms with Gasteiger partial charge in [-0.3, -0.25) is 0 Å². The standard InChI is InChI=1S/C9H15N/c1-8-4-6-10(3)7-5-9(8)2/h4,6H,5,7H2,1-3H3. The fourth-order valence-corrected chi connectivity index (χ4v) is 0.997. The Morgan fingerprint density at radius 1 is 1.40 bits per heavy atom. The highest BCUT2D eigenvalue weighted by molar-refractivity contribution is 5.23. The van der Waals surface area contributed by atoms with Crippen molar-refractivity contribution in [3.63, 3.8) is 0 Å². The Labute approximate surface area is 63.0 Å². The van der Waals surface area contributed by atoms with Crippen molar-refractivity contribution in [2.75, 3.05) is 13.6 Å². The predicted molar refractivity (Wildman–Crippen MR) is 44.8 cm³/mol. The van der Waals surface area contributed by atoms with Gasteiger partial charge in [-0.2, -0.15) is 0 Å². The number of allylic oxidation sites excluding steroid dienone is 2. The maximum atomic E-state index is 2.22. The summed E-state index contributed by atoms with van der Waals surface area (Å²) >= 11 is 0. The molecule has 0 spiro atoms. The second-order valence-electron chi connectivity index (χ2n) is 3.01. The van der Waals surface area contributed by atoms with Crippen LogP contribution >= 0.6 is 0 Å². The molecule has 0 saturated carbocycles. The van der Waals surface area contributed by atoms with E-state index in [2.05, 4.69) is 38.1 Å². The summed E-state index contributed by atoms with van der Waals surface area (Å²) in [5.41, 5.74) is 2.94. The molecule has 0 unspecified atom stereocenters. The van der Waals surface area contributed by atoms with Gasteiger partial charge >= 0.3 is 0 Å². The van der Waals surface area contributed by atoms with Crippen LogP contribution in [-0.4, -0.2) is 18.5 Å². The fourth-order valence-electron chi connectivity index (χ4n) is 0.997. The number of nitrogens with zero attached hydrogens (tertiary/aromatic N) is 1. The molecule has 0 N–H and O–H groups in total. The van der Waals surface area contributed by atoms with Gasteiger partial charge in [0.2, 0.25) is 0 Å². The van der Waals surface area contributed by atoms with Gasteiger partial charge in [0.25, 0.3) is 0 Å². The van der Waals surface area contributed by atoms with Crippen LogP contribution in [0.4, 0.5) is 0 Å². The molecule has 0 bridgehead atoms. The molecule has 0 fully saturated rings. The molecule has 0 aromatic carbocycles. The molecule has 10 heavy (non-hydrogen) atoms. The number of rotatable bonds is 0. The lowest BCUT2D eigenvalue weighted by Crippen LogP contribution is -2.10. The summed E-state index contributed by atoms with van der Waals surface area (Å²) in [6.45, 7) is 5.53. The van der Waals surface area contributed by atoms with E-state index in [9.17, 15) is 0 Å². The van der Waals surface area contributed by atoms with Crippen molar-refractivity contribution in [1.29, 1.82) is 0 Å². The van der Waals surface area contributed by atoms with Gasteiger partial charge in [-0.05, 0) is 32.5 Å². The van der Waals surface area contributed by atoms with Crippen molar-refractivity contribution in [2.24, 2.45) is 0 Å². The first-order valence-corrected chi connectivity index (χ1v) is 3.75. The number of hydrogen-bond donors (Lipinski definition) is 0. The van der Waals surface area contributed by atoms with Crippen molar-refractivity contribution in [3.8, 4) is 0 Å². The molecule has 1 aliphatic rings. The molecule has 0 aromatic rings. The van der Waals surface area contributed by atoms with Crippen LogP contribution in [0.15, 0.2) is 23.4 Å². The fraction of sp³-hybridized carbons (Fsp3) is 0.556. The molecule has 0 radical (unpaired) electrons. The van der Waals surface area contributed by atoms with E-state index in [1.807, 2.05) is 0 Å².